The predicted octanol–water partition coefficient (Wildman–Crippen LogP) is 3.55. The maximum atomic E-state index is 11.1. The van der Waals surface area contributed by atoms with Crippen molar-refractivity contribution in [1.82, 2.24) is 5.32 Å². The number of amides is 1. The summed E-state index contributed by atoms with van der Waals surface area (Å²) in [6.07, 6.45) is 0.337. The lowest BCUT2D eigenvalue weighted by Crippen LogP contribution is -2.33. The third-order valence-electron chi connectivity index (χ3n) is 3.26. The minimum atomic E-state index is -0.407. The zero-order valence-corrected chi connectivity index (χ0v) is 12.9. The minimum absolute atomic E-state index is 0.0172. The number of alkyl carbamates (subject to hydrolysis) is 1. The van der Waals surface area contributed by atoms with Gasteiger partial charge >= 0.3 is 6.09 Å². The van der Waals surface area contributed by atoms with E-state index in [2.05, 4.69) is 10.1 Å². The number of carbonyl (C=O) groups excluding carboxylic acids is 1. The Labute approximate surface area is 131 Å². The monoisotopic (exact) mass is 299 g/mol. The molecule has 0 aliphatic heterocycles. The van der Waals surface area contributed by atoms with E-state index in [1.807, 2.05) is 61.5 Å². The van der Waals surface area contributed by atoms with Crippen LogP contribution in [0.15, 0.2) is 54.6 Å². The zero-order chi connectivity index (χ0) is 15.8. The van der Waals surface area contributed by atoms with Crippen LogP contribution in [0.1, 0.15) is 18.1 Å². The van der Waals surface area contributed by atoms with Crippen molar-refractivity contribution < 1.29 is 14.3 Å². The standard InChI is InChI=1S/C18H21NO3/c1-14(19-18(20)21-2)12-15-8-10-17(11-9-15)22-13-16-6-4-3-5-7-16/h3-11,14H,12-13H2,1-2H3,(H,19,20)/t14-/m1/s1. The van der Waals surface area contributed by atoms with E-state index >= 15 is 0 Å². The van der Waals surface area contributed by atoms with Crippen molar-refractivity contribution in [2.75, 3.05) is 7.11 Å². The van der Waals surface area contributed by atoms with Crippen LogP contribution in [0.5, 0.6) is 5.75 Å². The molecule has 0 spiro atoms. The number of carbonyl (C=O) groups is 1. The lowest BCUT2D eigenvalue weighted by Gasteiger charge is -2.13. The second-order valence-electron chi connectivity index (χ2n) is 5.16. The van der Waals surface area contributed by atoms with Crippen molar-refractivity contribution >= 4 is 6.09 Å². The van der Waals surface area contributed by atoms with Crippen molar-refractivity contribution in [3.8, 4) is 5.75 Å². The lowest BCUT2D eigenvalue weighted by molar-refractivity contribution is 0.167. The summed E-state index contributed by atoms with van der Waals surface area (Å²) in [6, 6.07) is 18.0. The normalized spacial score (nSPS) is 11.5. The predicted molar refractivity (Wildman–Crippen MR) is 85.9 cm³/mol. The third-order valence-corrected chi connectivity index (χ3v) is 3.26. The van der Waals surface area contributed by atoms with E-state index in [4.69, 9.17) is 4.74 Å². The SMILES string of the molecule is COC(=O)N[C@H](C)Cc1ccc(OCc2ccccc2)cc1. The molecule has 4 nitrogen and oxygen atoms in total. The third kappa shape index (κ3) is 5.13. The first-order valence-corrected chi connectivity index (χ1v) is 7.27. The molecule has 0 heterocycles. The second-order valence-corrected chi connectivity index (χ2v) is 5.16. The number of benzene rings is 2. The molecular formula is C18H21NO3. The smallest absolute Gasteiger partial charge is 0.407 e. The molecule has 4 heteroatoms. The number of rotatable bonds is 6. The van der Waals surface area contributed by atoms with Gasteiger partial charge in [-0.2, -0.15) is 0 Å². The summed E-state index contributed by atoms with van der Waals surface area (Å²) in [5.74, 6) is 0.834. The molecule has 0 aromatic heterocycles. The van der Waals surface area contributed by atoms with Crippen molar-refractivity contribution in [2.45, 2.75) is 26.0 Å². The molecule has 0 saturated carbocycles. The summed E-state index contributed by atoms with van der Waals surface area (Å²) in [5.41, 5.74) is 2.28. The Hall–Kier alpha value is -2.49. The highest BCUT2D eigenvalue weighted by molar-refractivity contribution is 5.67. The van der Waals surface area contributed by atoms with Crippen LogP contribution < -0.4 is 10.1 Å². The Morgan fingerprint density at radius 2 is 1.73 bits per heavy atom. The highest BCUT2D eigenvalue weighted by Gasteiger charge is 2.07. The van der Waals surface area contributed by atoms with E-state index in [1.54, 1.807) is 0 Å². The van der Waals surface area contributed by atoms with Gasteiger partial charge in [-0.3, -0.25) is 0 Å². The van der Waals surface area contributed by atoms with Crippen molar-refractivity contribution in [3.05, 3.63) is 65.7 Å². The Morgan fingerprint density at radius 1 is 1.05 bits per heavy atom. The van der Waals surface area contributed by atoms with Gasteiger partial charge in [-0.25, -0.2) is 4.79 Å². The van der Waals surface area contributed by atoms with Crippen LogP contribution in [-0.2, 0) is 17.8 Å². The molecule has 22 heavy (non-hydrogen) atoms. The Morgan fingerprint density at radius 3 is 2.36 bits per heavy atom. The van der Waals surface area contributed by atoms with Gasteiger partial charge in [0.15, 0.2) is 0 Å². The average molecular weight is 299 g/mol. The average Bonchev–Trinajstić information content (AvgIpc) is 2.55. The van der Waals surface area contributed by atoms with Gasteiger partial charge in [0.25, 0.3) is 0 Å². The Bertz CT molecular complexity index is 581. The van der Waals surface area contributed by atoms with Crippen molar-refractivity contribution in [3.63, 3.8) is 0 Å². The van der Waals surface area contributed by atoms with Gasteiger partial charge in [0.1, 0.15) is 12.4 Å². The molecule has 0 aliphatic rings. The van der Waals surface area contributed by atoms with E-state index < -0.39 is 6.09 Å². The number of ether oxygens (including phenoxy) is 2. The number of nitrogens with one attached hydrogen (secondary N) is 1. The van der Waals surface area contributed by atoms with Crippen LogP contribution >= 0.6 is 0 Å². The highest BCUT2D eigenvalue weighted by atomic mass is 16.5. The summed E-state index contributed by atoms with van der Waals surface area (Å²) in [4.78, 5) is 11.1. The van der Waals surface area contributed by atoms with E-state index in [0.717, 1.165) is 23.3 Å². The quantitative estimate of drug-likeness (QED) is 0.887. The van der Waals surface area contributed by atoms with Gasteiger partial charge in [0, 0.05) is 6.04 Å². The highest BCUT2D eigenvalue weighted by Crippen LogP contribution is 2.15. The van der Waals surface area contributed by atoms with E-state index in [0.29, 0.717) is 6.61 Å². The molecule has 2 aromatic rings. The molecule has 1 amide bonds. The summed E-state index contributed by atoms with van der Waals surface area (Å²) < 4.78 is 10.3. The molecule has 0 saturated heterocycles. The van der Waals surface area contributed by atoms with E-state index in [9.17, 15) is 4.79 Å². The summed E-state index contributed by atoms with van der Waals surface area (Å²) in [5, 5.41) is 2.75. The molecule has 2 aromatic carbocycles. The summed E-state index contributed by atoms with van der Waals surface area (Å²) in [6.45, 7) is 2.50. The number of hydrogen-bond acceptors (Lipinski definition) is 3. The number of hydrogen-bond donors (Lipinski definition) is 1. The molecule has 1 atom stereocenters. The second kappa shape index (κ2) is 8.08. The number of methoxy groups -OCH3 is 1. The minimum Gasteiger partial charge on any atom is -0.489 e. The fourth-order valence-corrected chi connectivity index (χ4v) is 2.13. The van der Waals surface area contributed by atoms with Gasteiger partial charge in [-0.1, -0.05) is 42.5 Å². The van der Waals surface area contributed by atoms with Gasteiger partial charge in [-0.15, -0.1) is 0 Å². The molecule has 1 N–H and O–H groups in total. The van der Waals surface area contributed by atoms with Gasteiger partial charge in [0.05, 0.1) is 7.11 Å². The summed E-state index contributed by atoms with van der Waals surface area (Å²) in [7, 11) is 1.36. The van der Waals surface area contributed by atoms with Gasteiger partial charge in [0.2, 0.25) is 0 Å². The molecule has 116 valence electrons. The molecule has 0 bridgehead atoms. The topological polar surface area (TPSA) is 47.6 Å². The molecular weight excluding hydrogens is 278 g/mol. The maximum absolute atomic E-state index is 11.1. The van der Waals surface area contributed by atoms with Crippen LogP contribution in [0.2, 0.25) is 0 Å². The van der Waals surface area contributed by atoms with Crippen LogP contribution in [0, 0.1) is 0 Å². The first-order valence-electron chi connectivity index (χ1n) is 7.27. The lowest BCUT2D eigenvalue weighted by atomic mass is 10.1. The molecule has 2 rings (SSSR count). The van der Waals surface area contributed by atoms with Crippen LogP contribution in [0.4, 0.5) is 4.79 Å². The van der Waals surface area contributed by atoms with Gasteiger partial charge < -0.3 is 14.8 Å². The van der Waals surface area contributed by atoms with Crippen LogP contribution in [-0.4, -0.2) is 19.2 Å². The van der Waals surface area contributed by atoms with Gasteiger partial charge in [-0.05, 0) is 36.6 Å². The fourth-order valence-electron chi connectivity index (χ4n) is 2.13. The van der Waals surface area contributed by atoms with Crippen LogP contribution in [0.3, 0.4) is 0 Å². The molecule has 0 unspecified atom stereocenters. The Balaban J connectivity index is 1.83. The largest absolute Gasteiger partial charge is 0.489 e. The molecule has 0 fully saturated rings. The first-order chi connectivity index (χ1) is 10.7. The van der Waals surface area contributed by atoms with E-state index in [1.165, 1.54) is 7.11 Å². The molecule has 0 radical (unpaired) electrons. The van der Waals surface area contributed by atoms with E-state index in [-0.39, 0.29) is 6.04 Å². The van der Waals surface area contributed by atoms with Crippen molar-refractivity contribution in [1.29, 1.82) is 0 Å². The molecule has 0 aliphatic carbocycles. The van der Waals surface area contributed by atoms with Crippen molar-refractivity contribution in [2.24, 2.45) is 0 Å². The Kier molecular flexibility index (Phi) is 5.83. The fraction of sp³-hybridized carbons (Fsp3) is 0.278. The maximum Gasteiger partial charge on any atom is 0.407 e. The zero-order valence-electron chi connectivity index (χ0n) is 12.9. The summed E-state index contributed by atoms with van der Waals surface area (Å²) >= 11 is 0. The van der Waals surface area contributed by atoms with Crippen LogP contribution in [0.25, 0.3) is 0 Å². The first kappa shape index (κ1) is 15.9.